The molecule has 2 unspecified atom stereocenters. The van der Waals surface area contributed by atoms with E-state index in [2.05, 4.69) is 31.0 Å². The Bertz CT molecular complexity index is 219. The lowest BCUT2D eigenvalue weighted by Crippen LogP contribution is -2.42. The SMILES string of the molecule is CC(C)CC(CN(C)C)NC(=O)CCC(C)CN. The third-order valence-corrected chi connectivity index (χ3v) is 2.97. The van der Waals surface area contributed by atoms with Crippen LogP contribution in [0.5, 0.6) is 0 Å². The molecular weight excluding hydrogens is 226 g/mol. The predicted octanol–water partition coefficient (Wildman–Crippen LogP) is 1.45. The van der Waals surface area contributed by atoms with Gasteiger partial charge in [-0.1, -0.05) is 20.8 Å². The zero-order chi connectivity index (χ0) is 14.1. The lowest BCUT2D eigenvalue weighted by Gasteiger charge is -2.24. The van der Waals surface area contributed by atoms with E-state index in [-0.39, 0.29) is 11.9 Å². The second kappa shape index (κ2) is 9.34. The van der Waals surface area contributed by atoms with Crippen LogP contribution >= 0.6 is 0 Å². The minimum absolute atomic E-state index is 0.155. The van der Waals surface area contributed by atoms with Crippen LogP contribution in [-0.2, 0) is 4.79 Å². The number of hydrogen-bond donors (Lipinski definition) is 2. The Labute approximate surface area is 112 Å². The second-order valence-electron chi connectivity index (χ2n) is 6.04. The van der Waals surface area contributed by atoms with Gasteiger partial charge in [0, 0.05) is 19.0 Å². The Morgan fingerprint density at radius 3 is 2.33 bits per heavy atom. The third kappa shape index (κ3) is 9.42. The highest BCUT2D eigenvalue weighted by Crippen LogP contribution is 2.07. The van der Waals surface area contributed by atoms with E-state index in [0.717, 1.165) is 19.4 Å². The molecule has 0 spiro atoms. The smallest absolute Gasteiger partial charge is 0.220 e. The molecule has 0 aromatic rings. The average Bonchev–Trinajstić information content (AvgIpc) is 2.23. The van der Waals surface area contributed by atoms with Gasteiger partial charge >= 0.3 is 0 Å². The van der Waals surface area contributed by atoms with Gasteiger partial charge < -0.3 is 16.0 Å². The van der Waals surface area contributed by atoms with E-state index in [9.17, 15) is 4.79 Å². The van der Waals surface area contributed by atoms with Gasteiger partial charge in [-0.3, -0.25) is 4.79 Å². The summed E-state index contributed by atoms with van der Waals surface area (Å²) in [4.78, 5) is 14.0. The molecule has 2 atom stereocenters. The molecule has 0 fully saturated rings. The molecule has 4 nitrogen and oxygen atoms in total. The Kier molecular flexibility index (Phi) is 9.02. The summed E-state index contributed by atoms with van der Waals surface area (Å²) >= 11 is 0. The number of carbonyl (C=O) groups is 1. The van der Waals surface area contributed by atoms with Crippen LogP contribution in [0.1, 0.15) is 40.0 Å². The van der Waals surface area contributed by atoms with Crippen LogP contribution in [-0.4, -0.2) is 44.0 Å². The lowest BCUT2D eigenvalue weighted by molar-refractivity contribution is -0.122. The fraction of sp³-hybridized carbons (Fsp3) is 0.929. The van der Waals surface area contributed by atoms with Gasteiger partial charge in [-0.2, -0.15) is 0 Å². The Balaban J connectivity index is 4.09. The van der Waals surface area contributed by atoms with Gasteiger partial charge in [0.15, 0.2) is 0 Å². The van der Waals surface area contributed by atoms with Crippen molar-refractivity contribution in [1.82, 2.24) is 10.2 Å². The quantitative estimate of drug-likeness (QED) is 0.657. The first-order chi connectivity index (χ1) is 8.35. The first kappa shape index (κ1) is 17.4. The van der Waals surface area contributed by atoms with E-state index < -0.39 is 0 Å². The van der Waals surface area contributed by atoms with Crippen LogP contribution in [0.3, 0.4) is 0 Å². The van der Waals surface area contributed by atoms with Crippen molar-refractivity contribution in [3.05, 3.63) is 0 Å². The van der Waals surface area contributed by atoms with Crippen molar-refractivity contribution in [3.63, 3.8) is 0 Å². The molecule has 0 bridgehead atoms. The molecule has 0 radical (unpaired) electrons. The Hall–Kier alpha value is -0.610. The third-order valence-electron chi connectivity index (χ3n) is 2.97. The summed E-state index contributed by atoms with van der Waals surface area (Å²) in [7, 11) is 4.08. The summed E-state index contributed by atoms with van der Waals surface area (Å²) in [6.45, 7) is 8.01. The van der Waals surface area contributed by atoms with Gasteiger partial charge in [0.05, 0.1) is 0 Å². The fourth-order valence-corrected chi connectivity index (χ4v) is 1.98. The molecule has 0 heterocycles. The minimum atomic E-state index is 0.155. The van der Waals surface area contributed by atoms with E-state index in [1.165, 1.54) is 0 Å². The highest BCUT2D eigenvalue weighted by Gasteiger charge is 2.15. The van der Waals surface area contributed by atoms with Gasteiger partial charge in [-0.25, -0.2) is 0 Å². The number of nitrogens with two attached hydrogens (primary N) is 1. The summed E-state index contributed by atoms with van der Waals surface area (Å²) < 4.78 is 0. The summed E-state index contributed by atoms with van der Waals surface area (Å²) in [5, 5.41) is 3.14. The number of nitrogens with zero attached hydrogens (tertiary/aromatic N) is 1. The van der Waals surface area contributed by atoms with Crippen molar-refractivity contribution in [2.24, 2.45) is 17.6 Å². The Morgan fingerprint density at radius 1 is 1.28 bits per heavy atom. The molecule has 0 aliphatic carbocycles. The monoisotopic (exact) mass is 257 g/mol. The summed E-state index contributed by atoms with van der Waals surface area (Å²) in [5.41, 5.74) is 5.55. The van der Waals surface area contributed by atoms with Gasteiger partial charge in [-0.05, 0) is 45.3 Å². The number of nitrogens with one attached hydrogen (secondary N) is 1. The number of hydrogen-bond acceptors (Lipinski definition) is 3. The molecule has 0 aromatic heterocycles. The maximum Gasteiger partial charge on any atom is 0.220 e. The minimum Gasteiger partial charge on any atom is -0.352 e. The molecule has 0 aromatic carbocycles. The van der Waals surface area contributed by atoms with Gasteiger partial charge in [0.1, 0.15) is 0 Å². The molecule has 0 rings (SSSR count). The van der Waals surface area contributed by atoms with E-state index >= 15 is 0 Å². The molecule has 0 saturated heterocycles. The molecule has 3 N–H and O–H groups in total. The zero-order valence-corrected chi connectivity index (χ0v) is 12.7. The summed E-state index contributed by atoms with van der Waals surface area (Å²) in [5.74, 6) is 1.18. The van der Waals surface area contributed by atoms with E-state index in [0.29, 0.717) is 24.8 Å². The maximum atomic E-state index is 11.9. The van der Waals surface area contributed by atoms with Gasteiger partial charge in [0.2, 0.25) is 5.91 Å². The number of likely N-dealkylation sites (N-methyl/N-ethyl adjacent to an activating group) is 1. The van der Waals surface area contributed by atoms with Crippen LogP contribution in [0.2, 0.25) is 0 Å². The molecule has 4 heteroatoms. The molecule has 0 aliphatic rings. The zero-order valence-electron chi connectivity index (χ0n) is 12.7. The van der Waals surface area contributed by atoms with Gasteiger partial charge in [-0.15, -0.1) is 0 Å². The molecule has 0 saturated carbocycles. The van der Waals surface area contributed by atoms with Crippen molar-refractivity contribution < 1.29 is 4.79 Å². The van der Waals surface area contributed by atoms with Crippen LogP contribution in [0, 0.1) is 11.8 Å². The predicted molar refractivity (Wildman–Crippen MR) is 77.4 cm³/mol. The van der Waals surface area contributed by atoms with Crippen molar-refractivity contribution in [1.29, 1.82) is 0 Å². The van der Waals surface area contributed by atoms with E-state index in [1.807, 2.05) is 14.1 Å². The number of rotatable bonds is 9. The second-order valence-corrected chi connectivity index (χ2v) is 6.04. The van der Waals surface area contributed by atoms with E-state index in [4.69, 9.17) is 5.73 Å². The molecule has 108 valence electrons. The Morgan fingerprint density at radius 2 is 1.89 bits per heavy atom. The van der Waals surface area contributed by atoms with Crippen LogP contribution in [0.25, 0.3) is 0 Å². The number of amides is 1. The lowest BCUT2D eigenvalue weighted by atomic mass is 10.0. The van der Waals surface area contributed by atoms with E-state index in [1.54, 1.807) is 0 Å². The van der Waals surface area contributed by atoms with Crippen molar-refractivity contribution in [2.75, 3.05) is 27.2 Å². The van der Waals surface area contributed by atoms with Crippen molar-refractivity contribution >= 4 is 5.91 Å². The van der Waals surface area contributed by atoms with Crippen molar-refractivity contribution in [2.45, 2.75) is 46.1 Å². The largest absolute Gasteiger partial charge is 0.352 e. The molecule has 18 heavy (non-hydrogen) atoms. The average molecular weight is 257 g/mol. The molecule has 1 amide bonds. The normalized spacial score (nSPS) is 14.9. The first-order valence-corrected chi connectivity index (χ1v) is 6.99. The first-order valence-electron chi connectivity index (χ1n) is 6.99. The molecular formula is C14H31N3O. The fourth-order valence-electron chi connectivity index (χ4n) is 1.98. The summed E-state index contributed by atoms with van der Waals surface area (Å²) in [6, 6.07) is 0.251. The van der Waals surface area contributed by atoms with Crippen molar-refractivity contribution in [3.8, 4) is 0 Å². The summed E-state index contributed by atoms with van der Waals surface area (Å²) in [6.07, 6.45) is 2.48. The molecule has 0 aliphatic heterocycles. The van der Waals surface area contributed by atoms with Gasteiger partial charge in [0.25, 0.3) is 0 Å². The standard InChI is InChI=1S/C14H31N3O/c1-11(2)8-13(10-17(4)5)16-14(18)7-6-12(3)9-15/h11-13H,6-10,15H2,1-5H3,(H,16,18). The maximum absolute atomic E-state index is 11.9. The van der Waals surface area contributed by atoms with Crippen LogP contribution in [0.15, 0.2) is 0 Å². The number of carbonyl (C=O) groups excluding carboxylic acids is 1. The van der Waals surface area contributed by atoms with Crippen LogP contribution < -0.4 is 11.1 Å². The van der Waals surface area contributed by atoms with Crippen LogP contribution in [0.4, 0.5) is 0 Å². The highest BCUT2D eigenvalue weighted by atomic mass is 16.1. The topological polar surface area (TPSA) is 58.4 Å². The highest BCUT2D eigenvalue weighted by molar-refractivity contribution is 5.76.